The van der Waals surface area contributed by atoms with Crippen LogP contribution in [-0.4, -0.2) is 36.1 Å². The fraction of sp³-hybridized carbons (Fsp3) is 1.00. The molecular formula is C20H42O3. The number of hydrogen-bond donors (Lipinski definition) is 2. The van der Waals surface area contributed by atoms with Gasteiger partial charge in [-0.15, -0.1) is 0 Å². The Morgan fingerprint density at radius 1 is 0.783 bits per heavy atom. The second-order valence-corrected chi connectivity index (χ2v) is 7.13. The Labute approximate surface area is 144 Å². The molecule has 0 fully saturated rings. The molecule has 0 bridgehead atoms. The summed E-state index contributed by atoms with van der Waals surface area (Å²) in [6.45, 7) is 5.42. The standard InChI is InChI=1S/C20H42O3/c1-3-14-19(2)15-12-10-8-6-4-5-7-9-11-13-16-23-18-20(22)17-21/h19-22H,3-18H2,1-2H3/t19-,20-/m0/s1. The first-order valence-corrected chi connectivity index (χ1v) is 10.1. The first kappa shape index (κ1) is 22.9. The van der Waals surface area contributed by atoms with Crippen molar-refractivity contribution in [3.8, 4) is 0 Å². The second-order valence-electron chi connectivity index (χ2n) is 7.13. The molecule has 0 aromatic heterocycles. The predicted molar refractivity (Wildman–Crippen MR) is 98.8 cm³/mol. The largest absolute Gasteiger partial charge is 0.394 e. The molecule has 0 aliphatic heterocycles. The molecule has 0 spiro atoms. The Hall–Kier alpha value is -0.120. The molecular weight excluding hydrogens is 288 g/mol. The van der Waals surface area contributed by atoms with Gasteiger partial charge in [0.1, 0.15) is 6.10 Å². The highest BCUT2D eigenvalue weighted by Gasteiger charge is 2.01. The molecule has 23 heavy (non-hydrogen) atoms. The molecule has 0 aliphatic carbocycles. The van der Waals surface area contributed by atoms with Gasteiger partial charge in [-0.05, 0) is 12.3 Å². The fourth-order valence-electron chi connectivity index (χ4n) is 3.02. The van der Waals surface area contributed by atoms with E-state index in [0.717, 1.165) is 12.3 Å². The summed E-state index contributed by atoms with van der Waals surface area (Å²) in [6, 6.07) is 0. The van der Waals surface area contributed by atoms with Crippen LogP contribution in [0.4, 0.5) is 0 Å². The average molecular weight is 331 g/mol. The summed E-state index contributed by atoms with van der Waals surface area (Å²) in [7, 11) is 0. The normalized spacial score (nSPS) is 14.1. The Kier molecular flexibility index (Phi) is 18.1. The van der Waals surface area contributed by atoms with E-state index in [-0.39, 0.29) is 13.2 Å². The van der Waals surface area contributed by atoms with Crippen LogP contribution in [0.2, 0.25) is 0 Å². The van der Waals surface area contributed by atoms with Crippen molar-refractivity contribution in [1.82, 2.24) is 0 Å². The van der Waals surface area contributed by atoms with Gasteiger partial charge in [-0.25, -0.2) is 0 Å². The molecule has 2 N–H and O–H groups in total. The molecule has 0 unspecified atom stereocenters. The summed E-state index contributed by atoms with van der Waals surface area (Å²) in [5, 5.41) is 17.8. The van der Waals surface area contributed by atoms with Gasteiger partial charge >= 0.3 is 0 Å². The molecule has 0 amide bonds. The van der Waals surface area contributed by atoms with Crippen LogP contribution in [0.5, 0.6) is 0 Å². The summed E-state index contributed by atoms with van der Waals surface area (Å²) >= 11 is 0. The van der Waals surface area contributed by atoms with E-state index in [2.05, 4.69) is 13.8 Å². The van der Waals surface area contributed by atoms with Gasteiger partial charge in [0.25, 0.3) is 0 Å². The van der Waals surface area contributed by atoms with Crippen molar-refractivity contribution in [2.75, 3.05) is 19.8 Å². The molecule has 0 heterocycles. The maximum Gasteiger partial charge on any atom is 0.100 e. The molecule has 0 aromatic rings. The summed E-state index contributed by atoms with van der Waals surface area (Å²) in [5.74, 6) is 0.927. The highest BCUT2D eigenvalue weighted by atomic mass is 16.5. The maximum absolute atomic E-state index is 9.11. The number of unbranched alkanes of at least 4 members (excludes halogenated alkanes) is 9. The number of ether oxygens (including phenoxy) is 1. The van der Waals surface area contributed by atoms with Crippen molar-refractivity contribution in [1.29, 1.82) is 0 Å². The lowest BCUT2D eigenvalue weighted by molar-refractivity contribution is 0.00526. The average Bonchev–Trinajstić information content (AvgIpc) is 2.55. The zero-order chi connectivity index (χ0) is 17.2. The summed E-state index contributed by atoms with van der Waals surface area (Å²) in [4.78, 5) is 0. The Bertz CT molecular complexity index is 221. The van der Waals surface area contributed by atoms with Gasteiger partial charge in [0, 0.05) is 6.61 Å². The van der Waals surface area contributed by atoms with Crippen molar-refractivity contribution in [3.63, 3.8) is 0 Å². The molecule has 0 radical (unpaired) electrons. The molecule has 0 rings (SSSR count). The highest BCUT2D eigenvalue weighted by Crippen LogP contribution is 2.16. The van der Waals surface area contributed by atoms with E-state index in [1.807, 2.05) is 0 Å². The van der Waals surface area contributed by atoms with Gasteiger partial charge in [0.15, 0.2) is 0 Å². The van der Waals surface area contributed by atoms with Gasteiger partial charge in [-0.1, -0.05) is 90.9 Å². The number of aliphatic hydroxyl groups excluding tert-OH is 2. The van der Waals surface area contributed by atoms with Crippen LogP contribution in [-0.2, 0) is 4.74 Å². The second kappa shape index (κ2) is 18.2. The Morgan fingerprint density at radius 2 is 1.30 bits per heavy atom. The third-order valence-corrected chi connectivity index (χ3v) is 4.54. The van der Waals surface area contributed by atoms with Crippen molar-refractivity contribution in [2.45, 2.75) is 103 Å². The highest BCUT2D eigenvalue weighted by molar-refractivity contribution is 4.54. The smallest absolute Gasteiger partial charge is 0.100 e. The first-order valence-electron chi connectivity index (χ1n) is 10.1. The SMILES string of the molecule is CCC[C@H](C)CCCCCCCCCCCCOC[C@@H](O)CO. The summed E-state index contributed by atoms with van der Waals surface area (Å²) in [5.41, 5.74) is 0. The molecule has 0 aromatic carbocycles. The first-order chi connectivity index (χ1) is 11.2. The number of rotatable bonds is 18. The van der Waals surface area contributed by atoms with Crippen LogP contribution in [0.25, 0.3) is 0 Å². The van der Waals surface area contributed by atoms with Gasteiger partial charge in [-0.2, -0.15) is 0 Å². The monoisotopic (exact) mass is 330 g/mol. The van der Waals surface area contributed by atoms with Crippen molar-refractivity contribution in [3.05, 3.63) is 0 Å². The molecule has 2 atom stereocenters. The van der Waals surface area contributed by atoms with Gasteiger partial charge in [-0.3, -0.25) is 0 Å². The van der Waals surface area contributed by atoms with E-state index in [4.69, 9.17) is 14.9 Å². The van der Waals surface area contributed by atoms with Gasteiger partial charge in [0.05, 0.1) is 13.2 Å². The topological polar surface area (TPSA) is 49.7 Å². The third-order valence-electron chi connectivity index (χ3n) is 4.54. The quantitative estimate of drug-likeness (QED) is 0.344. The minimum absolute atomic E-state index is 0.211. The molecule has 3 nitrogen and oxygen atoms in total. The number of hydrogen-bond acceptors (Lipinski definition) is 3. The molecule has 140 valence electrons. The van der Waals surface area contributed by atoms with E-state index in [1.165, 1.54) is 77.0 Å². The number of aliphatic hydroxyl groups is 2. The van der Waals surface area contributed by atoms with Crippen LogP contribution in [0.3, 0.4) is 0 Å². The van der Waals surface area contributed by atoms with Crippen molar-refractivity contribution in [2.24, 2.45) is 5.92 Å². The lowest BCUT2D eigenvalue weighted by atomic mass is 9.98. The minimum Gasteiger partial charge on any atom is -0.394 e. The van der Waals surface area contributed by atoms with E-state index >= 15 is 0 Å². The van der Waals surface area contributed by atoms with Crippen LogP contribution in [0.1, 0.15) is 97.3 Å². The van der Waals surface area contributed by atoms with Crippen LogP contribution in [0.15, 0.2) is 0 Å². The molecule has 0 saturated heterocycles. The van der Waals surface area contributed by atoms with E-state index in [0.29, 0.717) is 6.61 Å². The Morgan fingerprint density at radius 3 is 1.83 bits per heavy atom. The molecule has 3 heteroatoms. The van der Waals surface area contributed by atoms with Gasteiger partial charge < -0.3 is 14.9 Å². The predicted octanol–water partition coefficient (Wildman–Crippen LogP) is 5.08. The van der Waals surface area contributed by atoms with E-state index in [1.54, 1.807) is 0 Å². The van der Waals surface area contributed by atoms with Crippen molar-refractivity contribution < 1.29 is 14.9 Å². The summed E-state index contributed by atoms with van der Waals surface area (Å²) < 4.78 is 5.29. The van der Waals surface area contributed by atoms with Crippen LogP contribution < -0.4 is 0 Å². The lowest BCUT2D eigenvalue weighted by Gasteiger charge is -2.09. The van der Waals surface area contributed by atoms with E-state index in [9.17, 15) is 0 Å². The fourth-order valence-corrected chi connectivity index (χ4v) is 3.02. The molecule has 0 aliphatic rings. The van der Waals surface area contributed by atoms with Crippen molar-refractivity contribution >= 4 is 0 Å². The van der Waals surface area contributed by atoms with Gasteiger partial charge in [0.2, 0.25) is 0 Å². The third kappa shape index (κ3) is 18.1. The van der Waals surface area contributed by atoms with E-state index < -0.39 is 6.10 Å². The lowest BCUT2D eigenvalue weighted by Crippen LogP contribution is -2.19. The van der Waals surface area contributed by atoms with Crippen LogP contribution >= 0.6 is 0 Å². The zero-order valence-electron chi connectivity index (χ0n) is 15.8. The minimum atomic E-state index is -0.718. The Balaban J connectivity index is 3.05. The zero-order valence-corrected chi connectivity index (χ0v) is 15.8. The summed E-state index contributed by atoms with van der Waals surface area (Å²) in [6.07, 6.45) is 16.8. The maximum atomic E-state index is 9.11. The van der Waals surface area contributed by atoms with Crippen LogP contribution in [0, 0.1) is 5.92 Å². The molecule has 0 saturated carbocycles.